The lowest BCUT2D eigenvalue weighted by Crippen LogP contribution is -2.54. The number of nitrogens with one attached hydrogen (secondary N) is 1. The van der Waals surface area contributed by atoms with Gasteiger partial charge in [0, 0.05) is 48.8 Å². The van der Waals surface area contributed by atoms with Gasteiger partial charge in [0.05, 0.1) is 18.9 Å². The highest BCUT2D eigenvalue weighted by atomic mass is 35.5. The predicted molar refractivity (Wildman–Crippen MR) is 127 cm³/mol. The van der Waals surface area contributed by atoms with Crippen molar-refractivity contribution in [3.05, 3.63) is 28.3 Å². The third kappa shape index (κ3) is 5.35. The molecular weight excluding hydrogens is 442 g/mol. The van der Waals surface area contributed by atoms with Gasteiger partial charge in [-0.05, 0) is 56.4 Å². The molecule has 2 saturated carbocycles. The fraction of sp³-hybridized carbons (Fsp3) is 0.640. The topological polar surface area (TPSA) is 79.0 Å². The molecule has 8 heteroatoms. The highest BCUT2D eigenvalue weighted by molar-refractivity contribution is 6.31. The summed E-state index contributed by atoms with van der Waals surface area (Å²) >= 11 is 6.39. The van der Waals surface area contributed by atoms with Crippen LogP contribution in [0.25, 0.3) is 0 Å². The SMILES string of the molecule is COC(=O)C1CC1C(=O)Nc1cc(Cl)cc(CN2CCN(C(=O)C3CCCC3)C(C)C2)c1C. The van der Waals surface area contributed by atoms with Crippen molar-refractivity contribution in [3.8, 4) is 0 Å². The molecule has 1 aliphatic heterocycles. The van der Waals surface area contributed by atoms with Gasteiger partial charge in [0.15, 0.2) is 0 Å². The quantitative estimate of drug-likeness (QED) is 0.636. The Labute approximate surface area is 200 Å². The van der Waals surface area contributed by atoms with Crippen LogP contribution in [0.1, 0.15) is 50.2 Å². The van der Waals surface area contributed by atoms with Gasteiger partial charge < -0.3 is 15.0 Å². The number of carbonyl (C=O) groups is 3. The number of esters is 1. The standard InChI is InChI=1S/C25H34ClN3O4/c1-15-13-28(8-9-29(15)24(31)17-6-4-5-7-17)14-18-10-19(26)11-22(16(18)2)27-23(30)20-12-21(20)25(32)33-3/h10-11,15,17,20-21H,4-9,12-14H2,1-3H3,(H,27,30). The Balaban J connectivity index is 1.38. The minimum Gasteiger partial charge on any atom is -0.469 e. The molecule has 3 aliphatic rings. The summed E-state index contributed by atoms with van der Waals surface area (Å²) in [5.74, 6) is -0.656. The van der Waals surface area contributed by atoms with Gasteiger partial charge in [0.1, 0.15) is 0 Å². The maximum absolute atomic E-state index is 12.9. The fourth-order valence-electron chi connectivity index (χ4n) is 5.30. The normalized spacial score (nSPS) is 25.7. The minimum atomic E-state index is -0.348. The van der Waals surface area contributed by atoms with Crippen LogP contribution >= 0.6 is 11.6 Å². The summed E-state index contributed by atoms with van der Waals surface area (Å²) in [4.78, 5) is 41.6. The number of carbonyl (C=O) groups excluding carboxylic acids is 3. The Bertz CT molecular complexity index is 930. The van der Waals surface area contributed by atoms with Crippen LogP contribution in [0, 0.1) is 24.7 Å². The van der Waals surface area contributed by atoms with Crippen molar-refractivity contribution in [3.63, 3.8) is 0 Å². The summed E-state index contributed by atoms with van der Waals surface area (Å²) in [6.45, 7) is 7.20. The highest BCUT2D eigenvalue weighted by Gasteiger charge is 2.49. The van der Waals surface area contributed by atoms with E-state index in [1.807, 2.05) is 13.0 Å². The molecule has 0 radical (unpaired) electrons. The van der Waals surface area contributed by atoms with Crippen molar-refractivity contribution in [1.82, 2.24) is 9.80 Å². The van der Waals surface area contributed by atoms with E-state index in [9.17, 15) is 14.4 Å². The van der Waals surface area contributed by atoms with Crippen molar-refractivity contribution in [2.45, 2.75) is 58.5 Å². The van der Waals surface area contributed by atoms with Crippen molar-refractivity contribution in [1.29, 1.82) is 0 Å². The zero-order valence-corrected chi connectivity index (χ0v) is 20.5. The first-order valence-corrected chi connectivity index (χ1v) is 12.4. The van der Waals surface area contributed by atoms with E-state index in [1.54, 1.807) is 6.07 Å². The first-order chi connectivity index (χ1) is 15.8. The molecule has 0 spiro atoms. The van der Waals surface area contributed by atoms with Crippen LogP contribution in [0.4, 0.5) is 5.69 Å². The van der Waals surface area contributed by atoms with Crippen molar-refractivity contribution < 1.29 is 19.1 Å². The lowest BCUT2D eigenvalue weighted by molar-refractivity contribution is -0.143. The van der Waals surface area contributed by atoms with Crippen molar-refractivity contribution in [2.24, 2.45) is 17.8 Å². The molecule has 2 amide bonds. The molecule has 3 atom stereocenters. The van der Waals surface area contributed by atoms with Gasteiger partial charge in [0.25, 0.3) is 0 Å². The summed E-state index contributed by atoms with van der Waals surface area (Å²) in [5.41, 5.74) is 2.71. The van der Waals surface area contributed by atoms with E-state index >= 15 is 0 Å². The molecule has 180 valence electrons. The van der Waals surface area contributed by atoms with Crippen LogP contribution in [0.5, 0.6) is 0 Å². The summed E-state index contributed by atoms with van der Waals surface area (Å²) in [7, 11) is 1.34. The number of nitrogens with zero attached hydrogens (tertiary/aromatic N) is 2. The van der Waals surface area contributed by atoms with E-state index in [1.165, 1.54) is 20.0 Å². The van der Waals surface area contributed by atoms with E-state index in [0.29, 0.717) is 29.6 Å². The summed E-state index contributed by atoms with van der Waals surface area (Å²) in [6.07, 6.45) is 4.92. The van der Waals surface area contributed by atoms with E-state index in [4.69, 9.17) is 16.3 Å². The van der Waals surface area contributed by atoms with Gasteiger partial charge in [-0.2, -0.15) is 0 Å². The summed E-state index contributed by atoms with van der Waals surface area (Å²) < 4.78 is 4.74. The Morgan fingerprint density at radius 1 is 1.15 bits per heavy atom. The van der Waals surface area contributed by atoms with Crippen LogP contribution < -0.4 is 5.32 Å². The number of ether oxygens (including phenoxy) is 1. The Kier molecular flexibility index (Phi) is 7.29. The minimum absolute atomic E-state index is 0.172. The molecule has 33 heavy (non-hydrogen) atoms. The van der Waals surface area contributed by atoms with Gasteiger partial charge in [-0.15, -0.1) is 0 Å². The third-order valence-corrected chi connectivity index (χ3v) is 7.68. The Hall–Kier alpha value is -2.12. The van der Waals surface area contributed by atoms with E-state index in [-0.39, 0.29) is 35.7 Å². The Morgan fingerprint density at radius 2 is 1.88 bits per heavy atom. The number of hydrogen-bond donors (Lipinski definition) is 1. The zero-order chi connectivity index (χ0) is 23.7. The first-order valence-electron chi connectivity index (χ1n) is 12.0. The largest absolute Gasteiger partial charge is 0.469 e. The molecule has 1 aromatic carbocycles. The van der Waals surface area contributed by atoms with Crippen LogP contribution in [-0.2, 0) is 25.7 Å². The zero-order valence-electron chi connectivity index (χ0n) is 19.7. The van der Waals surface area contributed by atoms with E-state index in [0.717, 1.165) is 43.6 Å². The van der Waals surface area contributed by atoms with Crippen LogP contribution in [0.15, 0.2) is 12.1 Å². The molecule has 2 aliphatic carbocycles. The number of anilines is 1. The maximum atomic E-state index is 12.9. The van der Waals surface area contributed by atoms with Gasteiger partial charge >= 0.3 is 5.97 Å². The second-order valence-electron chi connectivity index (χ2n) is 9.80. The average Bonchev–Trinajstić information content (AvgIpc) is 3.40. The van der Waals surface area contributed by atoms with Gasteiger partial charge in [-0.3, -0.25) is 19.3 Å². The summed E-state index contributed by atoms with van der Waals surface area (Å²) in [5, 5.41) is 3.52. The van der Waals surface area contributed by atoms with Crippen molar-refractivity contribution in [2.75, 3.05) is 32.1 Å². The lowest BCUT2D eigenvalue weighted by Gasteiger charge is -2.41. The number of halogens is 1. The molecule has 1 heterocycles. The maximum Gasteiger partial charge on any atom is 0.309 e. The second-order valence-corrected chi connectivity index (χ2v) is 10.2. The van der Waals surface area contributed by atoms with Gasteiger partial charge in [-0.25, -0.2) is 0 Å². The Morgan fingerprint density at radius 3 is 2.55 bits per heavy atom. The molecule has 0 aromatic heterocycles. The molecule has 1 N–H and O–H groups in total. The molecule has 7 nitrogen and oxygen atoms in total. The average molecular weight is 476 g/mol. The first kappa shape index (κ1) is 24.0. The van der Waals surface area contributed by atoms with Crippen LogP contribution in [0.2, 0.25) is 5.02 Å². The fourth-order valence-corrected chi connectivity index (χ4v) is 5.54. The number of hydrogen-bond acceptors (Lipinski definition) is 5. The number of amides is 2. The molecular formula is C25H34ClN3O4. The van der Waals surface area contributed by atoms with Crippen molar-refractivity contribution >= 4 is 35.1 Å². The van der Waals surface area contributed by atoms with Crippen LogP contribution in [-0.4, -0.2) is 60.4 Å². The molecule has 0 bridgehead atoms. The lowest BCUT2D eigenvalue weighted by atomic mass is 10.0. The summed E-state index contributed by atoms with van der Waals surface area (Å²) in [6, 6.07) is 3.88. The smallest absolute Gasteiger partial charge is 0.309 e. The third-order valence-electron chi connectivity index (χ3n) is 7.46. The van der Waals surface area contributed by atoms with E-state index in [2.05, 4.69) is 22.0 Å². The predicted octanol–water partition coefficient (Wildman–Crippen LogP) is 3.62. The van der Waals surface area contributed by atoms with Crippen LogP contribution in [0.3, 0.4) is 0 Å². The van der Waals surface area contributed by atoms with Gasteiger partial charge in [-0.1, -0.05) is 24.4 Å². The molecule has 3 fully saturated rings. The molecule has 1 aromatic rings. The number of benzene rings is 1. The number of rotatable bonds is 6. The monoisotopic (exact) mass is 475 g/mol. The number of methoxy groups -OCH3 is 1. The molecule has 1 saturated heterocycles. The molecule has 3 unspecified atom stereocenters. The van der Waals surface area contributed by atoms with Gasteiger partial charge in [0.2, 0.25) is 11.8 Å². The van der Waals surface area contributed by atoms with E-state index < -0.39 is 0 Å². The number of piperazine rings is 1. The molecule has 4 rings (SSSR count). The highest BCUT2D eigenvalue weighted by Crippen LogP contribution is 2.40. The second kappa shape index (κ2) is 10.0.